The molecule has 110 valence electrons. The molecule has 2 N–H and O–H groups in total. The second-order valence-electron chi connectivity index (χ2n) is 5.11. The van der Waals surface area contributed by atoms with Crippen LogP contribution in [0.25, 0.3) is 0 Å². The van der Waals surface area contributed by atoms with Crippen molar-refractivity contribution in [1.29, 1.82) is 0 Å². The van der Waals surface area contributed by atoms with E-state index in [2.05, 4.69) is 11.8 Å². The molecule has 0 aromatic heterocycles. The lowest BCUT2D eigenvalue weighted by Crippen LogP contribution is -2.53. The van der Waals surface area contributed by atoms with Crippen molar-refractivity contribution in [2.75, 3.05) is 32.7 Å². The molecule has 1 aliphatic heterocycles. The van der Waals surface area contributed by atoms with Gasteiger partial charge in [0.25, 0.3) is 5.91 Å². The molecule has 0 spiro atoms. The smallest absolute Gasteiger partial charge is 0.256 e. The maximum absolute atomic E-state index is 13.6. The maximum atomic E-state index is 13.6. The van der Waals surface area contributed by atoms with E-state index in [4.69, 9.17) is 5.73 Å². The standard InChI is InChI=1S/C15H22FN3O/c1-2-12(11-17)18-7-9-19(10-8-18)15(20)13-5-3-4-6-14(13)16/h3-6,12H,2,7-11,17H2,1H3. The summed E-state index contributed by atoms with van der Waals surface area (Å²) in [6.07, 6.45) is 1.01. The average Bonchev–Trinajstić information content (AvgIpc) is 2.49. The molecule has 1 unspecified atom stereocenters. The van der Waals surface area contributed by atoms with E-state index in [-0.39, 0.29) is 11.5 Å². The van der Waals surface area contributed by atoms with Crippen molar-refractivity contribution < 1.29 is 9.18 Å². The first-order valence-electron chi connectivity index (χ1n) is 7.15. The summed E-state index contributed by atoms with van der Waals surface area (Å²) in [6, 6.07) is 6.52. The minimum absolute atomic E-state index is 0.159. The molecule has 0 saturated carbocycles. The van der Waals surface area contributed by atoms with Crippen molar-refractivity contribution in [3.63, 3.8) is 0 Å². The molecule has 0 aliphatic carbocycles. The molecule has 1 aromatic carbocycles. The average molecular weight is 279 g/mol. The van der Waals surface area contributed by atoms with Crippen LogP contribution >= 0.6 is 0 Å². The zero-order valence-electron chi connectivity index (χ0n) is 11.9. The number of piperazine rings is 1. The van der Waals surface area contributed by atoms with Crippen LogP contribution in [-0.2, 0) is 0 Å². The van der Waals surface area contributed by atoms with E-state index in [1.165, 1.54) is 6.07 Å². The predicted octanol–water partition coefficient (Wildman–Crippen LogP) is 1.32. The molecular formula is C15H22FN3O. The largest absolute Gasteiger partial charge is 0.336 e. The van der Waals surface area contributed by atoms with Crippen molar-refractivity contribution in [2.45, 2.75) is 19.4 Å². The third-order valence-corrected chi connectivity index (χ3v) is 3.97. The Balaban J connectivity index is 1.97. The van der Waals surface area contributed by atoms with Crippen LogP contribution in [0.5, 0.6) is 0 Å². The van der Waals surface area contributed by atoms with Gasteiger partial charge in [-0.15, -0.1) is 0 Å². The maximum Gasteiger partial charge on any atom is 0.256 e. The molecule has 2 rings (SSSR count). The molecule has 1 amide bonds. The van der Waals surface area contributed by atoms with E-state index in [1.54, 1.807) is 23.1 Å². The number of hydrogen-bond acceptors (Lipinski definition) is 3. The van der Waals surface area contributed by atoms with Gasteiger partial charge in [-0.05, 0) is 18.6 Å². The van der Waals surface area contributed by atoms with E-state index in [1.807, 2.05) is 0 Å². The van der Waals surface area contributed by atoms with E-state index in [0.29, 0.717) is 25.7 Å². The Labute approximate surface area is 119 Å². The Morgan fingerprint density at radius 1 is 1.30 bits per heavy atom. The van der Waals surface area contributed by atoms with Crippen molar-refractivity contribution in [3.8, 4) is 0 Å². The molecule has 1 aliphatic rings. The molecule has 1 heterocycles. The van der Waals surface area contributed by atoms with Crippen molar-refractivity contribution in [3.05, 3.63) is 35.6 Å². The fraction of sp³-hybridized carbons (Fsp3) is 0.533. The topological polar surface area (TPSA) is 49.6 Å². The first-order chi connectivity index (χ1) is 9.67. The van der Waals surface area contributed by atoms with Gasteiger partial charge in [0.1, 0.15) is 5.82 Å². The van der Waals surface area contributed by atoms with Gasteiger partial charge in [0.05, 0.1) is 5.56 Å². The van der Waals surface area contributed by atoms with Gasteiger partial charge in [-0.2, -0.15) is 0 Å². The second-order valence-corrected chi connectivity index (χ2v) is 5.11. The van der Waals surface area contributed by atoms with Crippen LogP contribution in [0.15, 0.2) is 24.3 Å². The van der Waals surface area contributed by atoms with E-state index in [0.717, 1.165) is 19.5 Å². The monoisotopic (exact) mass is 279 g/mol. The lowest BCUT2D eigenvalue weighted by Gasteiger charge is -2.38. The summed E-state index contributed by atoms with van der Waals surface area (Å²) in [5.41, 5.74) is 5.91. The Morgan fingerprint density at radius 2 is 1.95 bits per heavy atom. The number of carbonyl (C=O) groups excluding carboxylic acids is 1. The van der Waals surface area contributed by atoms with Crippen LogP contribution in [0, 0.1) is 5.82 Å². The minimum atomic E-state index is -0.451. The first kappa shape index (κ1) is 14.9. The van der Waals surface area contributed by atoms with Gasteiger partial charge < -0.3 is 10.6 Å². The van der Waals surface area contributed by atoms with Gasteiger partial charge in [0.15, 0.2) is 0 Å². The zero-order valence-corrected chi connectivity index (χ0v) is 11.9. The van der Waals surface area contributed by atoms with E-state index >= 15 is 0 Å². The third-order valence-electron chi connectivity index (χ3n) is 3.97. The van der Waals surface area contributed by atoms with Gasteiger partial charge in [-0.1, -0.05) is 19.1 Å². The first-order valence-corrected chi connectivity index (χ1v) is 7.15. The number of amides is 1. The Bertz CT molecular complexity index is 454. The highest BCUT2D eigenvalue weighted by atomic mass is 19.1. The van der Waals surface area contributed by atoms with E-state index < -0.39 is 5.82 Å². The summed E-state index contributed by atoms with van der Waals surface area (Å²) in [6.45, 7) is 5.62. The fourth-order valence-electron chi connectivity index (χ4n) is 2.67. The SMILES string of the molecule is CCC(CN)N1CCN(C(=O)c2ccccc2F)CC1. The van der Waals surface area contributed by atoms with Crippen LogP contribution in [0.2, 0.25) is 0 Å². The molecular weight excluding hydrogens is 257 g/mol. The summed E-state index contributed by atoms with van der Waals surface area (Å²) < 4.78 is 13.6. The zero-order chi connectivity index (χ0) is 14.5. The quantitative estimate of drug-likeness (QED) is 0.904. The second kappa shape index (κ2) is 6.81. The summed E-state index contributed by atoms with van der Waals surface area (Å²) in [7, 11) is 0. The van der Waals surface area contributed by atoms with Gasteiger partial charge in [0, 0.05) is 38.8 Å². The normalized spacial score (nSPS) is 18.1. The van der Waals surface area contributed by atoms with Crippen molar-refractivity contribution >= 4 is 5.91 Å². The molecule has 1 saturated heterocycles. The van der Waals surface area contributed by atoms with Gasteiger partial charge in [-0.25, -0.2) is 4.39 Å². The molecule has 4 nitrogen and oxygen atoms in total. The van der Waals surface area contributed by atoms with Crippen LogP contribution < -0.4 is 5.73 Å². The van der Waals surface area contributed by atoms with Gasteiger partial charge in [-0.3, -0.25) is 9.69 Å². The summed E-state index contributed by atoms with van der Waals surface area (Å²) in [5, 5.41) is 0. The van der Waals surface area contributed by atoms with Crippen LogP contribution in [0.3, 0.4) is 0 Å². The number of carbonyl (C=O) groups is 1. The molecule has 20 heavy (non-hydrogen) atoms. The van der Waals surface area contributed by atoms with E-state index in [9.17, 15) is 9.18 Å². The molecule has 1 aromatic rings. The number of nitrogens with two attached hydrogens (primary N) is 1. The number of benzene rings is 1. The van der Waals surface area contributed by atoms with Crippen molar-refractivity contribution in [2.24, 2.45) is 5.73 Å². The highest BCUT2D eigenvalue weighted by Gasteiger charge is 2.26. The summed E-state index contributed by atoms with van der Waals surface area (Å²) in [5.74, 6) is -0.670. The predicted molar refractivity (Wildman–Crippen MR) is 77.0 cm³/mol. The number of halogens is 1. The van der Waals surface area contributed by atoms with Crippen LogP contribution in [-0.4, -0.2) is 54.5 Å². The lowest BCUT2D eigenvalue weighted by molar-refractivity contribution is 0.0567. The highest BCUT2D eigenvalue weighted by Crippen LogP contribution is 2.14. The molecule has 5 heteroatoms. The molecule has 0 radical (unpaired) electrons. The Morgan fingerprint density at radius 3 is 2.50 bits per heavy atom. The van der Waals surface area contributed by atoms with Gasteiger partial charge >= 0.3 is 0 Å². The Hall–Kier alpha value is -1.46. The fourth-order valence-corrected chi connectivity index (χ4v) is 2.67. The Kier molecular flexibility index (Phi) is 5.09. The lowest BCUT2D eigenvalue weighted by atomic mass is 10.1. The summed E-state index contributed by atoms with van der Waals surface area (Å²) >= 11 is 0. The number of nitrogens with zero attached hydrogens (tertiary/aromatic N) is 2. The van der Waals surface area contributed by atoms with Crippen LogP contribution in [0.1, 0.15) is 23.7 Å². The van der Waals surface area contributed by atoms with Crippen LogP contribution in [0.4, 0.5) is 4.39 Å². The summed E-state index contributed by atoms with van der Waals surface area (Å²) in [4.78, 5) is 16.3. The highest BCUT2D eigenvalue weighted by molar-refractivity contribution is 5.94. The number of rotatable bonds is 4. The molecule has 0 bridgehead atoms. The number of hydrogen-bond donors (Lipinski definition) is 1. The molecule has 1 fully saturated rings. The minimum Gasteiger partial charge on any atom is -0.336 e. The third kappa shape index (κ3) is 3.16. The van der Waals surface area contributed by atoms with Crippen molar-refractivity contribution in [1.82, 2.24) is 9.80 Å². The van der Waals surface area contributed by atoms with Gasteiger partial charge in [0.2, 0.25) is 0 Å². The molecule has 1 atom stereocenters.